The van der Waals surface area contributed by atoms with Gasteiger partial charge in [-0.3, -0.25) is 0 Å². The summed E-state index contributed by atoms with van der Waals surface area (Å²) in [6, 6.07) is 6.04. The van der Waals surface area contributed by atoms with Crippen LogP contribution in [0.15, 0.2) is 18.2 Å². The molecule has 1 N–H and O–H groups in total. The summed E-state index contributed by atoms with van der Waals surface area (Å²) < 4.78 is 5.57. The Bertz CT molecular complexity index is 274. The first-order chi connectivity index (χ1) is 6.65. The molecule has 0 spiro atoms. The molecule has 0 saturated carbocycles. The second-order valence-corrected chi connectivity index (χ2v) is 3.59. The van der Waals surface area contributed by atoms with Crippen LogP contribution < -0.4 is 4.74 Å². The predicted molar refractivity (Wildman–Crippen MR) is 57.7 cm³/mol. The number of aliphatic hydroxyl groups is 1. The summed E-state index contributed by atoms with van der Waals surface area (Å²) >= 11 is 0. The van der Waals surface area contributed by atoms with Crippen LogP contribution in [-0.4, -0.2) is 17.8 Å². The van der Waals surface area contributed by atoms with Crippen LogP contribution in [0.1, 0.15) is 24.5 Å². The predicted octanol–water partition coefficient (Wildman–Crippen LogP) is 2.45. The highest BCUT2D eigenvalue weighted by molar-refractivity contribution is 5.39. The molecule has 0 aliphatic carbocycles. The van der Waals surface area contributed by atoms with Crippen molar-refractivity contribution in [1.29, 1.82) is 0 Å². The number of aliphatic hydroxyl groups excluding tert-OH is 1. The van der Waals surface area contributed by atoms with Crippen molar-refractivity contribution in [2.24, 2.45) is 0 Å². The Morgan fingerprint density at radius 2 is 1.86 bits per heavy atom. The molecule has 0 aliphatic rings. The maximum atomic E-state index is 9.38. The largest absolute Gasteiger partial charge is 0.490 e. The maximum Gasteiger partial charge on any atom is 0.125 e. The van der Waals surface area contributed by atoms with Gasteiger partial charge in [0.05, 0.1) is 6.10 Å². The zero-order valence-corrected chi connectivity index (χ0v) is 9.08. The third-order valence-corrected chi connectivity index (χ3v) is 2.30. The van der Waals surface area contributed by atoms with E-state index in [1.54, 1.807) is 0 Å². The van der Waals surface area contributed by atoms with Crippen molar-refractivity contribution < 1.29 is 9.84 Å². The molecule has 1 aromatic carbocycles. The summed E-state index contributed by atoms with van der Waals surface area (Å²) in [6.07, 6.45) is 0.360. The van der Waals surface area contributed by atoms with Crippen molar-refractivity contribution in [1.82, 2.24) is 0 Å². The van der Waals surface area contributed by atoms with E-state index in [1.165, 1.54) is 0 Å². The van der Waals surface area contributed by atoms with E-state index in [1.807, 2.05) is 39.0 Å². The lowest BCUT2D eigenvalue weighted by molar-refractivity contribution is 0.103. The van der Waals surface area contributed by atoms with Gasteiger partial charge in [0.1, 0.15) is 12.4 Å². The van der Waals surface area contributed by atoms with E-state index in [-0.39, 0.29) is 6.10 Å². The fourth-order valence-corrected chi connectivity index (χ4v) is 1.32. The number of ether oxygens (including phenoxy) is 1. The molecule has 1 rings (SSSR count). The van der Waals surface area contributed by atoms with Crippen LogP contribution in [0.25, 0.3) is 0 Å². The molecule has 0 amide bonds. The van der Waals surface area contributed by atoms with Crippen molar-refractivity contribution in [3.05, 3.63) is 29.3 Å². The lowest BCUT2D eigenvalue weighted by Gasteiger charge is -2.14. The smallest absolute Gasteiger partial charge is 0.125 e. The molecule has 0 saturated heterocycles. The Hall–Kier alpha value is -1.02. The van der Waals surface area contributed by atoms with Crippen LogP contribution in [0.5, 0.6) is 5.75 Å². The molecule has 2 heteroatoms. The van der Waals surface area contributed by atoms with E-state index < -0.39 is 0 Å². The SMILES string of the molecule is CCC(O)COc1c(C)cccc1C. The maximum absolute atomic E-state index is 9.38. The van der Waals surface area contributed by atoms with Crippen LogP contribution in [0.3, 0.4) is 0 Å². The first-order valence-electron chi connectivity index (χ1n) is 5.02. The van der Waals surface area contributed by atoms with E-state index in [9.17, 15) is 5.11 Å². The van der Waals surface area contributed by atoms with E-state index in [0.29, 0.717) is 6.61 Å². The highest BCUT2D eigenvalue weighted by atomic mass is 16.5. The second-order valence-electron chi connectivity index (χ2n) is 3.59. The molecular weight excluding hydrogens is 176 g/mol. The second kappa shape index (κ2) is 5.01. The van der Waals surface area contributed by atoms with Crippen LogP contribution in [0, 0.1) is 13.8 Å². The highest BCUT2D eigenvalue weighted by Gasteiger charge is 2.06. The summed E-state index contributed by atoms with van der Waals surface area (Å²) in [6.45, 7) is 6.35. The first kappa shape index (κ1) is 11.1. The van der Waals surface area contributed by atoms with E-state index in [2.05, 4.69) is 0 Å². The normalized spacial score (nSPS) is 12.6. The molecule has 0 fully saturated rings. The van der Waals surface area contributed by atoms with Gasteiger partial charge in [-0.15, -0.1) is 0 Å². The Balaban J connectivity index is 2.66. The molecule has 1 unspecified atom stereocenters. The molecule has 14 heavy (non-hydrogen) atoms. The number of para-hydroxylation sites is 1. The topological polar surface area (TPSA) is 29.5 Å². The third-order valence-electron chi connectivity index (χ3n) is 2.30. The quantitative estimate of drug-likeness (QED) is 0.797. The Labute approximate surface area is 85.5 Å². The number of hydrogen-bond donors (Lipinski definition) is 1. The summed E-state index contributed by atoms with van der Waals surface area (Å²) in [5, 5.41) is 9.38. The average Bonchev–Trinajstić information content (AvgIpc) is 2.16. The summed E-state index contributed by atoms with van der Waals surface area (Å²) in [5.74, 6) is 0.903. The van der Waals surface area contributed by atoms with E-state index in [0.717, 1.165) is 23.3 Å². The lowest BCUT2D eigenvalue weighted by Crippen LogP contribution is -2.16. The molecule has 78 valence electrons. The number of benzene rings is 1. The van der Waals surface area contributed by atoms with E-state index in [4.69, 9.17) is 4.74 Å². The van der Waals surface area contributed by atoms with Crippen molar-refractivity contribution in [3.63, 3.8) is 0 Å². The minimum atomic E-state index is -0.367. The fourth-order valence-electron chi connectivity index (χ4n) is 1.32. The van der Waals surface area contributed by atoms with Crippen LogP contribution in [-0.2, 0) is 0 Å². The summed E-state index contributed by atoms with van der Waals surface area (Å²) in [4.78, 5) is 0. The highest BCUT2D eigenvalue weighted by Crippen LogP contribution is 2.22. The Morgan fingerprint density at radius 1 is 1.29 bits per heavy atom. The van der Waals surface area contributed by atoms with Gasteiger partial charge in [0.2, 0.25) is 0 Å². The minimum Gasteiger partial charge on any atom is -0.490 e. The molecule has 0 aromatic heterocycles. The zero-order valence-electron chi connectivity index (χ0n) is 9.08. The number of rotatable bonds is 4. The van der Waals surface area contributed by atoms with Crippen molar-refractivity contribution in [2.75, 3.05) is 6.61 Å². The molecule has 1 atom stereocenters. The van der Waals surface area contributed by atoms with Crippen LogP contribution in [0.2, 0.25) is 0 Å². The Morgan fingerprint density at radius 3 is 2.36 bits per heavy atom. The van der Waals surface area contributed by atoms with Crippen LogP contribution in [0.4, 0.5) is 0 Å². The van der Waals surface area contributed by atoms with Crippen molar-refractivity contribution in [2.45, 2.75) is 33.3 Å². The molecule has 0 aliphatic heterocycles. The van der Waals surface area contributed by atoms with Gasteiger partial charge >= 0.3 is 0 Å². The Kier molecular flexibility index (Phi) is 3.96. The number of aryl methyl sites for hydroxylation is 2. The van der Waals surface area contributed by atoms with Crippen LogP contribution >= 0.6 is 0 Å². The van der Waals surface area contributed by atoms with Gasteiger partial charge < -0.3 is 9.84 Å². The standard InChI is InChI=1S/C12H18O2/c1-4-11(13)8-14-12-9(2)6-5-7-10(12)3/h5-7,11,13H,4,8H2,1-3H3. The molecule has 1 aromatic rings. The fraction of sp³-hybridized carbons (Fsp3) is 0.500. The van der Waals surface area contributed by atoms with Gasteiger partial charge in [0.25, 0.3) is 0 Å². The van der Waals surface area contributed by atoms with Gasteiger partial charge in [-0.25, -0.2) is 0 Å². The van der Waals surface area contributed by atoms with Gasteiger partial charge in [-0.2, -0.15) is 0 Å². The average molecular weight is 194 g/mol. The first-order valence-corrected chi connectivity index (χ1v) is 5.02. The van der Waals surface area contributed by atoms with Gasteiger partial charge in [0.15, 0.2) is 0 Å². The molecule has 0 bridgehead atoms. The summed E-state index contributed by atoms with van der Waals surface area (Å²) in [7, 11) is 0. The molecular formula is C12H18O2. The zero-order chi connectivity index (χ0) is 10.6. The van der Waals surface area contributed by atoms with Gasteiger partial charge in [0, 0.05) is 0 Å². The molecule has 0 heterocycles. The minimum absolute atomic E-state index is 0.367. The third kappa shape index (κ3) is 2.74. The summed E-state index contributed by atoms with van der Waals surface area (Å²) in [5.41, 5.74) is 2.24. The lowest BCUT2D eigenvalue weighted by atomic mass is 10.1. The molecule has 2 nitrogen and oxygen atoms in total. The monoisotopic (exact) mass is 194 g/mol. The molecule has 0 radical (unpaired) electrons. The van der Waals surface area contributed by atoms with Crippen molar-refractivity contribution >= 4 is 0 Å². The number of hydrogen-bond acceptors (Lipinski definition) is 2. The van der Waals surface area contributed by atoms with Crippen molar-refractivity contribution in [3.8, 4) is 5.75 Å². The van der Waals surface area contributed by atoms with Gasteiger partial charge in [-0.1, -0.05) is 25.1 Å². The van der Waals surface area contributed by atoms with Gasteiger partial charge in [-0.05, 0) is 31.4 Å². The van der Waals surface area contributed by atoms with E-state index >= 15 is 0 Å².